The Hall–Kier alpha value is -1.46. The maximum Gasteiger partial charge on any atom is 0.303 e. The van der Waals surface area contributed by atoms with Gasteiger partial charge in [-0.2, -0.15) is 0 Å². The molecule has 26 heavy (non-hydrogen) atoms. The van der Waals surface area contributed by atoms with Gasteiger partial charge in [-0.05, 0) is 43.0 Å². The summed E-state index contributed by atoms with van der Waals surface area (Å²) in [7, 11) is 0. The van der Waals surface area contributed by atoms with Crippen molar-refractivity contribution in [3.05, 3.63) is 42.6 Å². The van der Waals surface area contributed by atoms with Crippen molar-refractivity contribution in [2.24, 2.45) is 0 Å². The van der Waals surface area contributed by atoms with Gasteiger partial charge in [0.25, 0.3) is 0 Å². The summed E-state index contributed by atoms with van der Waals surface area (Å²) < 4.78 is 0. The molecule has 1 aliphatic carbocycles. The lowest BCUT2D eigenvalue weighted by atomic mass is 10.1. The van der Waals surface area contributed by atoms with Crippen LogP contribution >= 0.6 is 23.5 Å². The van der Waals surface area contributed by atoms with Crippen molar-refractivity contribution in [2.45, 2.75) is 65.9 Å². The van der Waals surface area contributed by atoms with E-state index >= 15 is 0 Å². The van der Waals surface area contributed by atoms with Crippen molar-refractivity contribution in [3.63, 3.8) is 0 Å². The first kappa shape index (κ1) is 19.3. The monoisotopic (exact) mass is 387 g/mol. The van der Waals surface area contributed by atoms with Gasteiger partial charge >= 0.3 is 5.97 Å². The van der Waals surface area contributed by atoms with Crippen molar-refractivity contribution >= 4 is 29.5 Å². The minimum Gasteiger partial charge on any atom is -0.481 e. The van der Waals surface area contributed by atoms with Crippen LogP contribution in [0.4, 0.5) is 0 Å². The van der Waals surface area contributed by atoms with Crippen molar-refractivity contribution in [3.8, 4) is 11.1 Å². The zero-order valence-corrected chi connectivity index (χ0v) is 16.7. The van der Waals surface area contributed by atoms with Crippen molar-refractivity contribution < 1.29 is 9.90 Å². The van der Waals surface area contributed by atoms with Crippen LogP contribution in [0, 0.1) is 0 Å². The molecule has 1 heterocycles. The normalized spacial score (nSPS) is 15.9. The molecule has 1 saturated carbocycles. The number of thioether (sulfide) groups is 2. The Morgan fingerprint density at radius 3 is 2.65 bits per heavy atom. The molecule has 3 rings (SSSR count). The van der Waals surface area contributed by atoms with E-state index in [1.54, 1.807) is 11.8 Å². The number of benzene rings is 1. The van der Waals surface area contributed by atoms with E-state index in [0.717, 1.165) is 5.03 Å². The highest BCUT2D eigenvalue weighted by molar-refractivity contribution is 8.00. The van der Waals surface area contributed by atoms with Gasteiger partial charge in [0.05, 0.1) is 0 Å². The molecule has 1 unspecified atom stereocenters. The van der Waals surface area contributed by atoms with E-state index in [0.29, 0.717) is 16.9 Å². The van der Waals surface area contributed by atoms with E-state index in [-0.39, 0.29) is 6.42 Å². The average molecular weight is 388 g/mol. The molecule has 0 radical (unpaired) electrons. The van der Waals surface area contributed by atoms with Gasteiger partial charge in [0.2, 0.25) is 0 Å². The molecule has 0 bridgehead atoms. The number of rotatable bonds is 8. The van der Waals surface area contributed by atoms with Gasteiger partial charge in [-0.1, -0.05) is 38.0 Å². The molecule has 1 N–H and O–H groups in total. The number of nitrogens with zero attached hydrogens (tertiary/aromatic N) is 1. The minimum absolute atomic E-state index is 0.226. The van der Waals surface area contributed by atoms with E-state index in [2.05, 4.69) is 42.2 Å². The predicted octanol–water partition coefficient (Wildman–Crippen LogP) is 6.13. The van der Waals surface area contributed by atoms with Crippen LogP contribution in [-0.4, -0.2) is 26.6 Å². The second kappa shape index (κ2) is 9.47. The third-order valence-corrected chi connectivity index (χ3v) is 7.15. The summed E-state index contributed by atoms with van der Waals surface area (Å²) in [4.78, 5) is 16.5. The number of aromatic nitrogens is 1. The Labute approximate surface area is 164 Å². The van der Waals surface area contributed by atoms with Crippen LogP contribution in [-0.2, 0) is 4.79 Å². The van der Waals surface area contributed by atoms with E-state index in [9.17, 15) is 4.79 Å². The number of carbonyl (C=O) groups is 1. The summed E-state index contributed by atoms with van der Waals surface area (Å²) >= 11 is 3.66. The number of carboxylic acid groups (broad SMARTS) is 1. The fraction of sp³-hybridized carbons (Fsp3) is 0.429. The number of pyridine rings is 1. The van der Waals surface area contributed by atoms with Gasteiger partial charge in [-0.25, -0.2) is 4.98 Å². The molecule has 1 aromatic heterocycles. The fourth-order valence-corrected chi connectivity index (χ4v) is 5.51. The number of hydrogen-bond acceptors (Lipinski definition) is 4. The van der Waals surface area contributed by atoms with Gasteiger partial charge in [-0.3, -0.25) is 4.79 Å². The Bertz CT molecular complexity index is 727. The maximum absolute atomic E-state index is 10.7. The Morgan fingerprint density at radius 2 is 1.96 bits per heavy atom. The van der Waals surface area contributed by atoms with Gasteiger partial charge in [0, 0.05) is 33.6 Å². The first-order valence-electron chi connectivity index (χ1n) is 9.22. The lowest BCUT2D eigenvalue weighted by Gasteiger charge is -2.13. The van der Waals surface area contributed by atoms with Crippen LogP contribution in [0.5, 0.6) is 0 Å². The SMILES string of the molecule is CC(CCC(=O)O)Sc1ccc(-c2cccnc2SC2CCCC2)cc1. The molecule has 0 spiro atoms. The first-order chi connectivity index (χ1) is 12.6. The molecule has 1 fully saturated rings. The lowest BCUT2D eigenvalue weighted by molar-refractivity contribution is -0.137. The lowest BCUT2D eigenvalue weighted by Crippen LogP contribution is -2.02. The van der Waals surface area contributed by atoms with E-state index in [4.69, 9.17) is 5.11 Å². The third-order valence-electron chi connectivity index (χ3n) is 4.62. The van der Waals surface area contributed by atoms with E-state index in [1.165, 1.54) is 41.7 Å². The Kier molecular flexibility index (Phi) is 7.03. The molecule has 138 valence electrons. The molecule has 1 atom stereocenters. The molecule has 0 aliphatic heterocycles. The maximum atomic E-state index is 10.7. The van der Waals surface area contributed by atoms with Crippen LogP contribution in [0.2, 0.25) is 0 Å². The quantitative estimate of drug-likeness (QED) is 0.552. The number of carboxylic acids is 1. The van der Waals surface area contributed by atoms with Gasteiger partial charge < -0.3 is 5.11 Å². The van der Waals surface area contributed by atoms with E-state index < -0.39 is 5.97 Å². The molecule has 0 saturated heterocycles. The van der Waals surface area contributed by atoms with Crippen molar-refractivity contribution in [1.29, 1.82) is 0 Å². The summed E-state index contributed by atoms with van der Waals surface area (Å²) in [6.45, 7) is 2.08. The topological polar surface area (TPSA) is 50.2 Å². The first-order valence-corrected chi connectivity index (χ1v) is 11.0. The van der Waals surface area contributed by atoms with Crippen molar-refractivity contribution in [2.75, 3.05) is 0 Å². The second-order valence-electron chi connectivity index (χ2n) is 6.77. The highest BCUT2D eigenvalue weighted by Gasteiger charge is 2.19. The standard InChI is InChI=1S/C21H25NO2S2/c1-15(8-13-20(23)24)25-18-11-9-16(10-12-18)19-7-4-14-22-21(19)26-17-5-2-3-6-17/h4,7,9-12,14-15,17H,2-3,5-6,8,13H2,1H3,(H,23,24). The molecule has 1 aromatic carbocycles. The van der Waals surface area contributed by atoms with Crippen LogP contribution in [0.25, 0.3) is 11.1 Å². The Balaban J connectivity index is 1.67. The predicted molar refractivity (Wildman–Crippen MR) is 110 cm³/mol. The summed E-state index contributed by atoms with van der Waals surface area (Å²) in [5.41, 5.74) is 2.40. The summed E-state index contributed by atoms with van der Waals surface area (Å²) in [6, 6.07) is 12.7. The number of aliphatic carboxylic acids is 1. The van der Waals surface area contributed by atoms with Crippen molar-refractivity contribution in [1.82, 2.24) is 4.98 Å². The van der Waals surface area contributed by atoms with Crippen LogP contribution in [0.15, 0.2) is 52.5 Å². The minimum atomic E-state index is -0.725. The molecule has 0 amide bonds. The summed E-state index contributed by atoms with van der Waals surface area (Å²) in [6.07, 6.45) is 8.07. The van der Waals surface area contributed by atoms with Gasteiger partial charge in [0.15, 0.2) is 0 Å². The van der Waals surface area contributed by atoms with Crippen LogP contribution < -0.4 is 0 Å². The van der Waals surface area contributed by atoms with Gasteiger partial charge in [-0.15, -0.1) is 23.5 Å². The smallest absolute Gasteiger partial charge is 0.303 e. The molecular formula is C21H25NO2S2. The molecule has 5 heteroatoms. The highest BCUT2D eigenvalue weighted by atomic mass is 32.2. The largest absolute Gasteiger partial charge is 0.481 e. The fourth-order valence-electron chi connectivity index (χ4n) is 3.20. The second-order valence-corrected chi connectivity index (χ2v) is 9.57. The Morgan fingerprint density at radius 1 is 1.23 bits per heavy atom. The zero-order valence-electron chi connectivity index (χ0n) is 15.1. The van der Waals surface area contributed by atoms with Gasteiger partial charge in [0.1, 0.15) is 5.03 Å². The molecule has 1 aliphatic rings. The molecular weight excluding hydrogens is 362 g/mol. The molecule has 3 nitrogen and oxygen atoms in total. The number of hydrogen-bond donors (Lipinski definition) is 1. The van der Waals surface area contributed by atoms with Crippen LogP contribution in [0.1, 0.15) is 45.4 Å². The zero-order chi connectivity index (χ0) is 18.4. The average Bonchev–Trinajstić information content (AvgIpc) is 3.14. The van der Waals surface area contributed by atoms with Crippen LogP contribution in [0.3, 0.4) is 0 Å². The molecule has 2 aromatic rings. The summed E-state index contributed by atoms with van der Waals surface area (Å²) in [5.74, 6) is -0.725. The third kappa shape index (κ3) is 5.52. The highest BCUT2D eigenvalue weighted by Crippen LogP contribution is 2.38. The summed E-state index contributed by atoms with van der Waals surface area (Å²) in [5, 5.41) is 10.9. The van der Waals surface area contributed by atoms with E-state index in [1.807, 2.05) is 24.0 Å².